The Kier molecular flexibility index (Phi) is 7.29. The average molecular weight is 342 g/mol. The summed E-state index contributed by atoms with van der Waals surface area (Å²) >= 11 is 0. The van der Waals surface area contributed by atoms with E-state index in [-0.39, 0.29) is 18.6 Å². The molecule has 2 aromatic rings. The van der Waals surface area contributed by atoms with Crippen molar-refractivity contribution in [2.24, 2.45) is 5.92 Å². The van der Waals surface area contributed by atoms with Crippen molar-refractivity contribution in [3.05, 3.63) is 59.7 Å². The molecule has 2 amide bonds. The topological polar surface area (TPSA) is 70.6 Å². The van der Waals surface area contributed by atoms with Crippen molar-refractivity contribution in [3.63, 3.8) is 0 Å². The Morgan fingerprint density at radius 1 is 1.20 bits per heavy atom. The van der Waals surface area contributed by atoms with Gasteiger partial charge < -0.3 is 20.5 Å². The SMILES string of the molecule is Cc1ccc(NC(=O)NCC(C)CCO)c(OCc2ccccc2)c1. The first kappa shape index (κ1) is 18.8. The molecule has 1 unspecified atom stereocenters. The zero-order chi connectivity index (χ0) is 18.1. The molecule has 3 N–H and O–H groups in total. The fourth-order valence-corrected chi connectivity index (χ4v) is 2.34. The molecular formula is C20H26N2O3. The Balaban J connectivity index is 1.96. The highest BCUT2D eigenvalue weighted by Gasteiger charge is 2.10. The molecule has 5 nitrogen and oxygen atoms in total. The van der Waals surface area contributed by atoms with Crippen molar-refractivity contribution in [2.75, 3.05) is 18.5 Å². The molecule has 2 aromatic carbocycles. The second kappa shape index (κ2) is 9.69. The first-order valence-corrected chi connectivity index (χ1v) is 8.51. The first-order chi connectivity index (χ1) is 12.1. The van der Waals surface area contributed by atoms with E-state index in [0.29, 0.717) is 31.0 Å². The van der Waals surface area contributed by atoms with Crippen LogP contribution in [0.15, 0.2) is 48.5 Å². The molecule has 0 heterocycles. The zero-order valence-corrected chi connectivity index (χ0v) is 14.8. The van der Waals surface area contributed by atoms with E-state index in [1.807, 2.05) is 62.4 Å². The number of rotatable bonds is 8. The standard InChI is InChI=1S/C20H26N2O3/c1-15-8-9-18(22-20(24)21-13-16(2)10-11-23)19(12-15)25-14-17-6-4-3-5-7-17/h3-9,12,16,23H,10-11,13-14H2,1-2H3,(H2,21,22,24). The molecule has 0 aliphatic carbocycles. The van der Waals surface area contributed by atoms with E-state index in [1.165, 1.54) is 0 Å². The molecule has 0 spiro atoms. The van der Waals surface area contributed by atoms with Crippen LogP contribution in [0.2, 0.25) is 0 Å². The minimum absolute atomic E-state index is 0.125. The summed E-state index contributed by atoms with van der Waals surface area (Å²) in [5.41, 5.74) is 2.76. The number of urea groups is 1. The van der Waals surface area contributed by atoms with E-state index in [1.54, 1.807) is 0 Å². The van der Waals surface area contributed by atoms with Crippen LogP contribution in [-0.4, -0.2) is 24.3 Å². The van der Waals surface area contributed by atoms with Gasteiger partial charge in [0.25, 0.3) is 0 Å². The number of anilines is 1. The Morgan fingerprint density at radius 2 is 1.96 bits per heavy atom. The third-order valence-electron chi connectivity index (χ3n) is 3.86. The molecule has 0 saturated heterocycles. The lowest BCUT2D eigenvalue weighted by Gasteiger charge is -2.15. The molecule has 5 heteroatoms. The minimum Gasteiger partial charge on any atom is -0.487 e. The van der Waals surface area contributed by atoms with Crippen molar-refractivity contribution in [1.29, 1.82) is 0 Å². The molecular weight excluding hydrogens is 316 g/mol. The molecule has 0 aromatic heterocycles. The highest BCUT2D eigenvalue weighted by Crippen LogP contribution is 2.26. The Bertz CT molecular complexity index is 674. The van der Waals surface area contributed by atoms with Crippen LogP contribution in [0, 0.1) is 12.8 Å². The molecule has 0 bridgehead atoms. The van der Waals surface area contributed by atoms with Crippen LogP contribution < -0.4 is 15.4 Å². The monoisotopic (exact) mass is 342 g/mol. The molecule has 1 atom stereocenters. The summed E-state index contributed by atoms with van der Waals surface area (Å²) in [6.45, 7) is 5.04. The van der Waals surface area contributed by atoms with E-state index in [9.17, 15) is 4.79 Å². The normalized spacial score (nSPS) is 11.6. The number of aliphatic hydroxyl groups is 1. The lowest BCUT2D eigenvalue weighted by Crippen LogP contribution is -2.32. The molecule has 2 rings (SSSR count). The first-order valence-electron chi connectivity index (χ1n) is 8.51. The number of carbonyl (C=O) groups excluding carboxylic acids is 1. The van der Waals surface area contributed by atoms with Gasteiger partial charge in [0.15, 0.2) is 0 Å². The quantitative estimate of drug-likeness (QED) is 0.685. The van der Waals surface area contributed by atoms with Crippen molar-refractivity contribution in [2.45, 2.75) is 26.9 Å². The Labute approximate surface area is 149 Å². The van der Waals surface area contributed by atoms with Gasteiger partial charge in [-0.3, -0.25) is 0 Å². The third kappa shape index (κ3) is 6.47. The maximum atomic E-state index is 12.1. The number of aliphatic hydroxyl groups excluding tert-OH is 1. The maximum Gasteiger partial charge on any atom is 0.319 e. The predicted octanol–water partition coefficient (Wildman–Crippen LogP) is 3.71. The fourth-order valence-electron chi connectivity index (χ4n) is 2.34. The van der Waals surface area contributed by atoms with Gasteiger partial charge in [0.2, 0.25) is 0 Å². The van der Waals surface area contributed by atoms with Crippen LogP contribution in [0.5, 0.6) is 5.75 Å². The highest BCUT2D eigenvalue weighted by atomic mass is 16.5. The van der Waals surface area contributed by atoms with Gasteiger partial charge in [0.05, 0.1) is 5.69 Å². The zero-order valence-electron chi connectivity index (χ0n) is 14.8. The van der Waals surface area contributed by atoms with E-state index in [0.717, 1.165) is 11.1 Å². The lowest BCUT2D eigenvalue weighted by molar-refractivity contribution is 0.243. The number of amides is 2. The molecule has 134 valence electrons. The van der Waals surface area contributed by atoms with Gasteiger partial charge in [-0.2, -0.15) is 0 Å². The Hall–Kier alpha value is -2.53. The fraction of sp³-hybridized carbons (Fsp3) is 0.350. The van der Waals surface area contributed by atoms with Crippen LogP contribution in [0.4, 0.5) is 10.5 Å². The van der Waals surface area contributed by atoms with Gasteiger partial charge in [-0.15, -0.1) is 0 Å². The van der Waals surface area contributed by atoms with Gasteiger partial charge in [0, 0.05) is 13.2 Å². The van der Waals surface area contributed by atoms with Crippen molar-refractivity contribution in [1.82, 2.24) is 5.32 Å². The Morgan fingerprint density at radius 3 is 2.68 bits per heavy atom. The van der Waals surface area contributed by atoms with Crippen LogP contribution in [0.1, 0.15) is 24.5 Å². The summed E-state index contributed by atoms with van der Waals surface area (Å²) in [5, 5.41) is 14.6. The van der Waals surface area contributed by atoms with E-state index < -0.39 is 0 Å². The predicted molar refractivity (Wildman–Crippen MR) is 99.8 cm³/mol. The number of ether oxygens (including phenoxy) is 1. The second-order valence-electron chi connectivity index (χ2n) is 6.23. The van der Waals surface area contributed by atoms with Crippen molar-refractivity contribution in [3.8, 4) is 5.75 Å². The number of aryl methyl sites for hydroxylation is 1. The maximum absolute atomic E-state index is 12.1. The van der Waals surface area contributed by atoms with Crippen LogP contribution in [-0.2, 0) is 6.61 Å². The van der Waals surface area contributed by atoms with Gasteiger partial charge in [-0.05, 0) is 42.5 Å². The summed E-state index contributed by atoms with van der Waals surface area (Å²) in [6.07, 6.45) is 0.663. The largest absolute Gasteiger partial charge is 0.487 e. The van der Waals surface area contributed by atoms with E-state index in [2.05, 4.69) is 10.6 Å². The van der Waals surface area contributed by atoms with E-state index >= 15 is 0 Å². The van der Waals surface area contributed by atoms with Crippen LogP contribution in [0.3, 0.4) is 0 Å². The summed E-state index contributed by atoms with van der Waals surface area (Å²) in [7, 11) is 0. The smallest absolute Gasteiger partial charge is 0.319 e. The van der Waals surface area contributed by atoms with Crippen LogP contribution in [0.25, 0.3) is 0 Å². The van der Waals surface area contributed by atoms with Gasteiger partial charge in [0.1, 0.15) is 12.4 Å². The van der Waals surface area contributed by atoms with Crippen molar-refractivity contribution < 1.29 is 14.6 Å². The number of hydrogen-bond donors (Lipinski definition) is 3. The highest BCUT2D eigenvalue weighted by molar-refractivity contribution is 5.90. The third-order valence-corrected chi connectivity index (χ3v) is 3.86. The molecule has 0 aliphatic heterocycles. The molecule has 0 saturated carbocycles. The van der Waals surface area contributed by atoms with Crippen molar-refractivity contribution >= 4 is 11.7 Å². The summed E-state index contributed by atoms with van der Waals surface area (Å²) in [4.78, 5) is 12.1. The average Bonchev–Trinajstić information content (AvgIpc) is 2.61. The molecule has 0 fully saturated rings. The number of hydrogen-bond acceptors (Lipinski definition) is 3. The summed E-state index contributed by atoms with van der Waals surface area (Å²) in [6, 6.07) is 15.3. The van der Waals surface area contributed by atoms with Crippen LogP contribution >= 0.6 is 0 Å². The summed E-state index contributed by atoms with van der Waals surface area (Å²) < 4.78 is 5.89. The number of benzene rings is 2. The van der Waals surface area contributed by atoms with E-state index in [4.69, 9.17) is 9.84 Å². The minimum atomic E-state index is -0.279. The second-order valence-corrected chi connectivity index (χ2v) is 6.23. The lowest BCUT2D eigenvalue weighted by atomic mass is 10.1. The van der Waals surface area contributed by atoms with Gasteiger partial charge in [-0.1, -0.05) is 43.3 Å². The number of carbonyl (C=O) groups is 1. The number of nitrogens with one attached hydrogen (secondary N) is 2. The van der Waals surface area contributed by atoms with Gasteiger partial charge in [-0.25, -0.2) is 4.79 Å². The molecule has 25 heavy (non-hydrogen) atoms. The van der Waals surface area contributed by atoms with Gasteiger partial charge >= 0.3 is 6.03 Å². The summed E-state index contributed by atoms with van der Waals surface area (Å²) in [5.74, 6) is 0.866. The molecule has 0 radical (unpaired) electrons. The molecule has 0 aliphatic rings.